The molecule has 5 saturated carbocycles. The molecule has 2 unspecified atom stereocenters. The van der Waals surface area contributed by atoms with E-state index in [2.05, 4.69) is 42.6 Å². The molecule has 4 bridgehead atoms. The van der Waals surface area contributed by atoms with Crippen molar-refractivity contribution in [3.63, 3.8) is 0 Å². The van der Waals surface area contributed by atoms with Crippen molar-refractivity contribution in [1.29, 1.82) is 0 Å². The second-order valence-electron chi connectivity index (χ2n) is 11.0. The summed E-state index contributed by atoms with van der Waals surface area (Å²) in [6.45, 7) is 3.29. The number of benzene rings is 1. The van der Waals surface area contributed by atoms with E-state index in [1.165, 1.54) is 50.5 Å². The van der Waals surface area contributed by atoms with Crippen LogP contribution in [-0.2, 0) is 10.2 Å². The number of rotatable bonds is 4. The van der Waals surface area contributed by atoms with Gasteiger partial charge >= 0.3 is 0 Å². The predicted octanol–water partition coefficient (Wildman–Crippen LogP) is 4.40. The Morgan fingerprint density at radius 2 is 1.68 bits per heavy atom. The van der Waals surface area contributed by atoms with Gasteiger partial charge in [-0.15, -0.1) is 0 Å². The van der Waals surface area contributed by atoms with Crippen LogP contribution in [0.3, 0.4) is 0 Å². The van der Waals surface area contributed by atoms with Gasteiger partial charge in [-0.1, -0.05) is 37.3 Å². The van der Waals surface area contributed by atoms with Crippen molar-refractivity contribution in [2.45, 2.75) is 76.2 Å². The molecule has 1 aromatic rings. The summed E-state index contributed by atoms with van der Waals surface area (Å²) in [6.07, 6.45) is 10.8. The molecule has 2 atom stereocenters. The summed E-state index contributed by atoms with van der Waals surface area (Å²) in [5, 5.41) is 3.48. The Labute approximate surface area is 169 Å². The van der Waals surface area contributed by atoms with Crippen LogP contribution in [0.5, 0.6) is 0 Å². The molecular formula is C25H36N2O. The molecule has 0 spiro atoms. The first-order valence-electron chi connectivity index (χ1n) is 11.6. The van der Waals surface area contributed by atoms with Crippen LogP contribution in [0.4, 0.5) is 0 Å². The maximum Gasteiger partial charge on any atom is 0.223 e. The van der Waals surface area contributed by atoms with Gasteiger partial charge in [-0.3, -0.25) is 4.79 Å². The van der Waals surface area contributed by atoms with Gasteiger partial charge in [0.05, 0.1) is 0 Å². The second kappa shape index (κ2) is 6.86. The van der Waals surface area contributed by atoms with E-state index in [9.17, 15) is 4.79 Å². The van der Waals surface area contributed by atoms with E-state index < -0.39 is 0 Å². The minimum absolute atomic E-state index is 0.248. The maximum atomic E-state index is 13.4. The van der Waals surface area contributed by atoms with Crippen LogP contribution in [0.25, 0.3) is 0 Å². The number of hydrogen-bond acceptors (Lipinski definition) is 2. The van der Waals surface area contributed by atoms with Crippen LogP contribution in [0.1, 0.15) is 70.3 Å². The van der Waals surface area contributed by atoms with Crippen molar-refractivity contribution < 1.29 is 4.79 Å². The fourth-order valence-electron chi connectivity index (χ4n) is 7.98. The summed E-state index contributed by atoms with van der Waals surface area (Å²) in [5.41, 5.74) is 8.10. The first-order valence-corrected chi connectivity index (χ1v) is 11.6. The van der Waals surface area contributed by atoms with Crippen molar-refractivity contribution in [3.05, 3.63) is 35.9 Å². The zero-order chi connectivity index (χ0) is 19.4. The molecule has 3 heteroatoms. The monoisotopic (exact) mass is 380 g/mol. The fraction of sp³-hybridized carbons (Fsp3) is 0.720. The molecule has 0 radical (unpaired) electrons. The quantitative estimate of drug-likeness (QED) is 0.813. The van der Waals surface area contributed by atoms with E-state index in [0.717, 1.165) is 19.4 Å². The molecule has 0 saturated heterocycles. The third-order valence-electron chi connectivity index (χ3n) is 8.81. The van der Waals surface area contributed by atoms with Crippen LogP contribution >= 0.6 is 0 Å². The molecular weight excluding hydrogens is 344 g/mol. The Morgan fingerprint density at radius 1 is 1.04 bits per heavy atom. The normalized spacial score (nSPS) is 44.4. The standard InChI is InChI=1S/C25H36N2O/c1-24-11-18-13-25(16-24,20-5-3-2-4-6-20)14-19(12-24)22(18)23(28)27-21-9-7-17(15-26)8-10-21/h2-6,17-19,21-22H,7-16,26H2,1H3,(H,27,28). The largest absolute Gasteiger partial charge is 0.353 e. The fourth-order valence-corrected chi connectivity index (χ4v) is 7.98. The van der Waals surface area contributed by atoms with Gasteiger partial charge in [0.15, 0.2) is 0 Å². The van der Waals surface area contributed by atoms with Crippen molar-refractivity contribution in [2.24, 2.45) is 34.8 Å². The van der Waals surface area contributed by atoms with Gasteiger partial charge in [0.25, 0.3) is 0 Å². The SMILES string of the molecule is CC12CC3CC(c4ccccc4)(CC(C1)C3C(=O)NC1CCC(CN)CC1)C2. The van der Waals surface area contributed by atoms with Gasteiger partial charge in [0, 0.05) is 12.0 Å². The lowest BCUT2D eigenvalue weighted by atomic mass is 9.40. The average molecular weight is 381 g/mol. The highest BCUT2D eigenvalue weighted by Crippen LogP contribution is 2.67. The van der Waals surface area contributed by atoms with E-state index in [-0.39, 0.29) is 5.92 Å². The molecule has 1 aromatic carbocycles. The second-order valence-corrected chi connectivity index (χ2v) is 11.0. The topological polar surface area (TPSA) is 55.1 Å². The van der Waals surface area contributed by atoms with Crippen LogP contribution in [0.15, 0.2) is 30.3 Å². The minimum Gasteiger partial charge on any atom is -0.353 e. The highest BCUT2D eigenvalue weighted by molar-refractivity contribution is 5.80. The predicted molar refractivity (Wildman–Crippen MR) is 113 cm³/mol. The van der Waals surface area contributed by atoms with Crippen LogP contribution in [0, 0.1) is 29.1 Å². The van der Waals surface area contributed by atoms with Crippen molar-refractivity contribution in [1.82, 2.24) is 5.32 Å². The number of amides is 1. The smallest absolute Gasteiger partial charge is 0.223 e. The third kappa shape index (κ3) is 3.10. The van der Waals surface area contributed by atoms with E-state index in [1.54, 1.807) is 0 Å². The third-order valence-corrected chi connectivity index (χ3v) is 8.81. The van der Waals surface area contributed by atoms with Gasteiger partial charge in [0.1, 0.15) is 0 Å². The van der Waals surface area contributed by atoms with Crippen molar-refractivity contribution in [3.8, 4) is 0 Å². The summed E-state index contributed by atoms with van der Waals surface area (Å²) in [6, 6.07) is 11.6. The highest BCUT2D eigenvalue weighted by atomic mass is 16.2. The summed E-state index contributed by atoms with van der Waals surface area (Å²) < 4.78 is 0. The summed E-state index contributed by atoms with van der Waals surface area (Å²) in [5.74, 6) is 2.41. The summed E-state index contributed by atoms with van der Waals surface area (Å²) in [4.78, 5) is 13.4. The van der Waals surface area contributed by atoms with Crippen LogP contribution in [0.2, 0.25) is 0 Å². The molecule has 152 valence electrons. The molecule has 0 heterocycles. The lowest BCUT2D eigenvalue weighted by Gasteiger charge is -2.64. The Balaban J connectivity index is 1.32. The molecule has 3 N–H and O–H groups in total. The van der Waals surface area contributed by atoms with E-state index >= 15 is 0 Å². The van der Waals surface area contributed by atoms with Gasteiger partial charge in [0.2, 0.25) is 5.91 Å². The number of carbonyl (C=O) groups is 1. The molecule has 5 aliphatic rings. The molecule has 3 nitrogen and oxygen atoms in total. The highest BCUT2D eigenvalue weighted by Gasteiger charge is 2.61. The molecule has 28 heavy (non-hydrogen) atoms. The first-order chi connectivity index (χ1) is 13.5. The van der Waals surface area contributed by atoms with Gasteiger partial charge < -0.3 is 11.1 Å². The number of nitrogens with two attached hydrogens (primary N) is 1. The zero-order valence-corrected chi connectivity index (χ0v) is 17.3. The lowest BCUT2D eigenvalue weighted by molar-refractivity contribution is -0.149. The van der Waals surface area contributed by atoms with Gasteiger partial charge in [-0.2, -0.15) is 0 Å². The molecule has 0 aliphatic heterocycles. The number of nitrogens with one attached hydrogen (secondary N) is 1. The summed E-state index contributed by atoms with van der Waals surface area (Å²) in [7, 11) is 0. The molecule has 5 fully saturated rings. The molecule has 0 aromatic heterocycles. The lowest BCUT2D eigenvalue weighted by Crippen LogP contribution is -2.60. The zero-order valence-electron chi connectivity index (χ0n) is 17.3. The molecule has 5 aliphatic carbocycles. The van der Waals surface area contributed by atoms with E-state index in [0.29, 0.717) is 40.5 Å². The summed E-state index contributed by atoms with van der Waals surface area (Å²) >= 11 is 0. The number of hydrogen-bond donors (Lipinski definition) is 2. The maximum absolute atomic E-state index is 13.4. The Kier molecular flexibility index (Phi) is 4.58. The van der Waals surface area contributed by atoms with Crippen molar-refractivity contribution >= 4 is 5.91 Å². The minimum atomic E-state index is 0.248. The van der Waals surface area contributed by atoms with Gasteiger partial charge in [-0.05, 0) is 98.5 Å². The average Bonchev–Trinajstić information content (AvgIpc) is 2.67. The van der Waals surface area contributed by atoms with Crippen LogP contribution in [-0.4, -0.2) is 18.5 Å². The first kappa shape index (κ1) is 18.7. The van der Waals surface area contributed by atoms with E-state index in [1.807, 2.05) is 0 Å². The molecule has 1 amide bonds. The number of carbonyl (C=O) groups excluding carboxylic acids is 1. The van der Waals surface area contributed by atoms with Crippen molar-refractivity contribution in [2.75, 3.05) is 6.54 Å². The Morgan fingerprint density at radius 3 is 2.29 bits per heavy atom. The Bertz CT molecular complexity index is 705. The Hall–Kier alpha value is -1.35. The van der Waals surface area contributed by atoms with Gasteiger partial charge in [-0.25, -0.2) is 0 Å². The van der Waals surface area contributed by atoms with Crippen LogP contribution < -0.4 is 11.1 Å². The van der Waals surface area contributed by atoms with E-state index in [4.69, 9.17) is 5.73 Å². The molecule has 6 rings (SSSR count).